The Morgan fingerprint density at radius 2 is 1.94 bits per heavy atom. The first-order valence-electron chi connectivity index (χ1n) is 5.85. The van der Waals surface area contributed by atoms with Crippen LogP contribution in [-0.4, -0.2) is 37.0 Å². The number of likely N-dealkylation sites (N-methyl/N-ethyl adjacent to an activating group) is 1. The number of anilines is 1. The zero-order valence-corrected chi connectivity index (χ0v) is 10.7. The normalized spacial score (nSPS) is 19.6. The molecule has 0 N–H and O–H groups in total. The molecule has 0 spiro atoms. The maximum atomic E-state index is 12.2. The number of hydrogen-bond acceptors (Lipinski definition) is 3. The monoisotopic (exact) mass is 248 g/mol. The lowest BCUT2D eigenvalue weighted by Gasteiger charge is -2.16. The highest BCUT2D eigenvalue weighted by Gasteiger charge is 2.43. The second-order valence-electron chi connectivity index (χ2n) is 4.16. The van der Waals surface area contributed by atoms with E-state index in [-0.39, 0.29) is 18.0 Å². The van der Waals surface area contributed by atoms with Crippen molar-refractivity contribution in [1.29, 1.82) is 0 Å². The van der Waals surface area contributed by atoms with Gasteiger partial charge in [-0.25, -0.2) is 9.69 Å². The number of para-hydroxylation sites is 2. The van der Waals surface area contributed by atoms with Gasteiger partial charge in [-0.15, -0.1) is 0 Å². The number of urea groups is 1. The van der Waals surface area contributed by atoms with E-state index in [1.807, 2.05) is 6.92 Å². The number of imide groups is 1. The van der Waals surface area contributed by atoms with Crippen LogP contribution in [0.25, 0.3) is 0 Å². The van der Waals surface area contributed by atoms with Crippen molar-refractivity contribution in [3.8, 4) is 5.75 Å². The Balaban J connectivity index is 2.45. The number of rotatable bonds is 3. The van der Waals surface area contributed by atoms with Gasteiger partial charge in [-0.1, -0.05) is 19.1 Å². The first-order valence-corrected chi connectivity index (χ1v) is 5.85. The van der Waals surface area contributed by atoms with Gasteiger partial charge in [0.1, 0.15) is 11.8 Å². The zero-order valence-electron chi connectivity index (χ0n) is 10.7. The minimum Gasteiger partial charge on any atom is -0.495 e. The molecule has 1 aromatic rings. The Kier molecular flexibility index (Phi) is 3.23. The highest BCUT2D eigenvalue weighted by Crippen LogP contribution is 2.32. The lowest BCUT2D eigenvalue weighted by atomic mass is 10.2. The van der Waals surface area contributed by atoms with Crippen LogP contribution in [0.1, 0.15) is 13.3 Å². The van der Waals surface area contributed by atoms with Gasteiger partial charge >= 0.3 is 6.03 Å². The molecule has 3 amide bonds. The van der Waals surface area contributed by atoms with Crippen LogP contribution >= 0.6 is 0 Å². The van der Waals surface area contributed by atoms with E-state index in [4.69, 9.17) is 4.74 Å². The van der Waals surface area contributed by atoms with Gasteiger partial charge in [0, 0.05) is 7.05 Å². The van der Waals surface area contributed by atoms with Gasteiger partial charge in [0.2, 0.25) is 0 Å². The second kappa shape index (κ2) is 4.68. The molecule has 96 valence electrons. The van der Waals surface area contributed by atoms with Crippen molar-refractivity contribution >= 4 is 17.6 Å². The topological polar surface area (TPSA) is 49.9 Å². The van der Waals surface area contributed by atoms with E-state index in [1.165, 1.54) is 16.9 Å². The molecule has 1 aromatic carbocycles. The third kappa shape index (κ3) is 1.72. The van der Waals surface area contributed by atoms with Crippen LogP contribution in [0.2, 0.25) is 0 Å². The van der Waals surface area contributed by atoms with Crippen molar-refractivity contribution < 1.29 is 14.3 Å². The predicted molar refractivity (Wildman–Crippen MR) is 67.7 cm³/mol. The first kappa shape index (κ1) is 12.4. The number of carbonyl (C=O) groups is 2. The lowest BCUT2D eigenvalue weighted by molar-refractivity contribution is -0.119. The van der Waals surface area contributed by atoms with Crippen molar-refractivity contribution in [2.24, 2.45) is 0 Å². The molecule has 5 nitrogen and oxygen atoms in total. The quantitative estimate of drug-likeness (QED) is 0.767. The number of amides is 3. The fourth-order valence-electron chi connectivity index (χ4n) is 2.18. The lowest BCUT2D eigenvalue weighted by Crippen LogP contribution is -2.31. The molecule has 0 bridgehead atoms. The molecule has 1 aliphatic rings. The number of hydrogen-bond donors (Lipinski definition) is 0. The van der Waals surface area contributed by atoms with Gasteiger partial charge in [0.05, 0.1) is 12.8 Å². The second-order valence-corrected chi connectivity index (χ2v) is 4.16. The fourth-order valence-corrected chi connectivity index (χ4v) is 2.18. The Morgan fingerprint density at radius 1 is 1.28 bits per heavy atom. The number of nitrogens with zero attached hydrogens (tertiary/aromatic N) is 2. The van der Waals surface area contributed by atoms with E-state index >= 15 is 0 Å². The Bertz CT molecular complexity index is 487. The third-order valence-electron chi connectivity index (χ3n) is 3.18. The molecule has 1 fully saturated rings. The Hall–Kier alpha value is -2.04. The zero-order chi connectivity index (χ0) is 13.3. The van der Waals surface area contributed by atoms with Gasteiger partial charge < -0.3 is 9.64 Å². The van der Waals surface area contributed by atoms with Crippen LogP contribution < -0.4 is 9.64 Å². The minimum atomic E-state index is -0.387. The maximum absolute atomic E-state index is 12.2. The third-order valence-corrected chi connectivity index (χ3v) is 3.18. The van der Waals surface area contributed by atoms with Crippen molar-refractivity contribution in [3.05, 3.63) is 24.3 Å². The van der Waals surface area contributed by atoms with Gasteiger partial charge in [-0.3, -0.25) is 4.79 Å². The number of methoxy groups -OCH3 is 1. The standard InChI is InChI=1S/C13H16N2O3/c1-4-9-12(16)15(13(17)14(9)2)10-7-5-6-8-11(10)18-3/h5-9H,4H2,1-3H3. The summed E-state index contributed by atoms with van der Waals surface area (Å²) in [7, 11) is 3.16. The molecule has 2 rings (SSSR count). The number of carbonyl (C=O) groups excluding carboxylic acids is 2. The molecule has 1 unspecified atom stereocenters. The molecule has 0 aromatic heterocycles. The first-order chi connectivity index (χ1) is 8.61. The van der Waals surface area contributed by atoms with E-state index < -0.39 is 0 Å². The van der Waals surface area contributed by atoms with Crippen LogP contribution in [0, 0.1) is 0 Å². The van der Waals surface area contributed by atoms with Crippen LogP contribution in [0.5, 0.6) is 5.75 Å². The van der Waals surface area contributed by atoms with Crippen LogP contribution in [0.4, 0.5) is 10.5 Å². The van der Waals surface area contributed by atoms with Gasteiger partial charge in [0.25, 0.3) is 5.91 Å². The highest BCUT2D eigenvalue weighted by molar-refractivity contribution is 6.21. The van der Waals surface area contributed by atoms with E-state index in [9.17, 15) is 9.59 Å². The summed E-state index contributed by atoms with van der Waals surface area (Å²) >= 11 is 0. The van der Waals surface area contributed by atoms with Gasteiger partial charge in [-0.2, -0.15) is 0 Å². The van der Waals surface area contributed by atoms with Crippen molar-refractivity contribution in [1.82, 2.24) is 4.90 Å². The van der Waals surface area contributed by atoms with Crippen LogP contribution in [-0.2, 0) is 4.79 Å². The molecule has 18 heavy (non-hydrogen) atoms. The maximum Gasteiger partial charge on any atom is 0.331 e. The minimum absolute atomic E-state index is 0.200. The Morgan fingerprint density at radius 3 is 2.50 bits per heavy atom. The molecule has 0 aliphatic carbocycles. The van der Waals surface area contributed by atoms with E-state index in [0.717, 1.165) is 0 Å². The SMILES string of the molecule is CCC1C(=O)N(c2ccccc2OC)C(=O)N1C. The molecule has 1 atom stereocenters. The molecule has 1 aliphatic heterocycles. The van der Waals surface area contributed by atoms with Gasteiger partial charge in [0.15, 0.2) is 0 Å². The number of benzene rings is 1. The summed E-state index contributed by atoms with van der Waals surface area (Å²) in [6, 6.07) is 6.32. The van der Waals surface area contributed by atoms with Crippen LogP contribution in [0.15, 0.2) is 24.3 Å². The average molecular weight is 248 g/mol. The highest BCUT2D eigenvalue weighted by atomic mass is 16.5. The molecule has 0 saturated carbocycles. The summed E-state index contributed by atoms with van der Waals surface area (Å²) in [6.45, 7) is 1.89. The molecular weight excluding hydrogens is 232 g/mol. The molecule has 1 saturated heterocycles. The van der Waals surface area contributed by atoms with Crippen molar-refractivity contribution in [2.75, 3.05) is 19.1 Å². The van der Waals surface area contributed by atoms with Crippen molar-refractivity contribution in [3.63, 3.8) is 0 Å². The summed E-state index contributed by atoms with van der Waals surface area (Å²) in [5.41, 5.74) is 0.498. The number of ether oxygens (including phenoxy) is 1. The van der Waals surface area contributed by atoms with E-state index in [2.05, 4.69) is 0 Å². The fraction of sp³-hybridized carbons (Fsp3) is 0.385. The van der Waals surface area contributed by atoms with E-state index in [1.54, 1.807) is 31.3 Å². The summed E-state index contributed by atoms with van der Waals surface area (Å²) < 4.78 is 5.19. The smallest absolute Gasteiger partial charge is 0.331 e. The molecular formula is C13H16N2O3. The average Bonchev–Trinajstić information content (AvgIpc) is 2.60. The molecule has 5 heteroatoms. The summed E-state index contributed by atoms with van der Waals surface area (Å²) in [4.78, 5) is 27.0. The predicted octanol–water partition coefficient (Wildman–Crippen LogP) is 1.87. The summed E-state index contributed by atoms with van der Waals surface area (Å²) in [5, 5.41) is 0. The largest absolute Gasteiger partial charge is 0.495 e. The Labute approximate surface area is 106 Å². The van der Waals surface area contributed by atoms with E-state index in [0.29, 0.717) is 17.9 Å². The molecule has 0 radical (unpaired) electrons. The van der Waals surface area contributed by atoms with Crippen molar-refractivity contribution in [2.45, 2.75) is 19.4 Å². The van der Waals surface area contributed by atoms with Gasteiger partial charge in [-0.05, 0) is 18.6 Å². The summed E-state index contributed by atoms with van der Waals surface area (Å²) in [6.07, 6.45) is 0.604. The van der Waals surface area contributed by atoms with Crippen LogP contribution in [0.3, 0.4) is 0 Å². The molecule has 1 heterocycles. The summed E-state index contributed by atoms with van der Waals surface area (Å²) in [5.74, 6) is 0.318.